The third-order valence-electron chi connectivity index (χ3n) is 6.08. The van der Waals surface area contributed by atoms with Crippen LogP contribution in [0.25, 0.3) is 10.9 Å². The van der Waals surface area contributed by atoms with Crippen molar-refractivity contribution in [2.45, 2.75) is 31.1 Å². The van der Waals surface area contributed by atoms with Crippen molar-refractivity contribution >= 4 is 32.9 Å². The molecule has 3 N–H and O–H groups in total. The lowest BCUT2D eigenvalue weighted by atomic mass is 10.0. The standard InChI is InChI=1S/C25H29N5O4S/c1-18-12-16-30(17-13-18)28-25(32)29-35(33,34)21-9-7-19(8-10-21)11-15-27-24(31)22-6-2-4-20-5-3-14-26-23(20)22/h2-10,14,18H,11-13,15-17H2,1H3,(H,27,31)(H2,28,29,32). The minimum Gasteiger partial charge on any atom is -0.352 e. The van der Waals surface area contributed by atoms with Crippen LogP contribution in [0.5, 0.6) is 0 Å². The van der Waals surface area contributed by atoms with Gasteiger partial charge in [0.05, 0.1) is 16.0 Å². The molecule has 9 nitrogen and oxygen atoms in total. The molecule has 1 aliphatic heterocycles. The Labute approximate surface area is 204 Å². The van der Waals surface area contributed by atoms with E-state index in [0.29, 0.717) is 43.1 Å². The molecule has 1 aliphatic rings. The number of benzene rings is 2. The highest BCUT2D eigenvalue weighted by Gasteiger charge is 2.21. The van der Waals surface area contributed by atoms with E-state index in [4.69, 9.17) is 0 Å². The van der Waals surface area contributed by atoms with E-state index in [9.17, 15) is 18.0 Å². The zero-order valence-electron chi connectivity index (χ0n) is 19.5. The molecule has 0 spiro atoms. The number of carbonyl (C=O) groups is 2. The van der Waals surface area contributed by atoms with Crippen molar-refractivity contribution in [1.29, 1.82) is 0 Å². The van der Waals surface area contributed by atoms with Gasteiger partial charge >= 0.3 is 6.03 Å². The van der Waals surface area contributed by atoms with Gasteiger partial charge in [0.15, 0.2) is 0 Å². The van der Waals surface area contributed by atoms with Crippen LogP contribution in [-0.2, 0) is 16.4 Å². The van der Waals surface area contributed by atoms with Crippen molar-refractivity contribution in [2.24, 2.45) is 5.92 Å². The summed E-state index contributed by atoms with van der Waals surface area (Å²) >= 11 is 0. The highest BCUT2D eigenvalue weighted by molar-refractivity contribution is 7.90. The lowest BCUT2D eigenvalue weighted by Crippen LogP contribution is -2.51. The fourth-order valence-corrected chi connectivity index (χ4v) is 4.91. The normalized spacial score (nSPS) is 15.0. The van der Waals surface area contributed by atoms with Gasteiger partial charge in [-0.05, 0) is 55.0 Å². The van der Waals surface area contributed by atoms with Gasteiger partial charge in [-0.1, -0.05) is 37.3 Å². The van der Waals surface area contributed by atoms with Crippen molar-refractivity contribution in [1.82, 2.24) is 25.5 Å². The van der Waals surface area contributed by atoms with Gasteiger partial charge in [0, 0.05) is 31.2 Å². The molecule has 2 heterocycles. The van der Waals surface area contributed by atoms with E-state index in [-0.39, 0.29) is 10.8 Å². The highest BCUT2D eigenvalue weighted by atomic mass is 32.2. The maximum absolute atomic E-state index is 12.6. The fraction of sp³-hybridized carbons (Fsp3) is 0.320. The molecule has 0 aliphatic carbocycles. The SMILES string of the molecule is CC1CCN(NC(=O)NS(=O)(=O)c2ccc(CCNC(=O)c3cccc4cccnc34)cc2)CC1. The number of hydrogen-bond donors (Lipinski definition) is 3. The molecular formula is C25H29N5O4S. The molecule has 0 radical (unpaired) electrons. The quantitative estimate of drug-likeness (QED) is 0.464. The Kier molecular flexibility index (Phi) is 7.62. The zero-order chi connectivity index (χ0) is 24.8. The van der Waals surface area contributed by atoms with Crippen LogP contribution < -0.4 is 15.5 Å². The van der Waals surface area contributed by atoms with Crippen LogP contribution in [0.15, 0.2) is 65.7 Å². The van der Waals surface area contributed by atoms with Gasteiger partial charge in [0.2, 0.25) is 0 Å². The molecule has 3 aromatic rings. The van der Waals surface area contributed by atoms with E-state index in [1.165, 1.54) is 12.1 Å². The second kappa shape index (κ2) is 10.8. The van der Waals surface area contributed by atoms with Crippen molar-refractivity contribution in [3.05, 3.63) is 71.9 Å². The Morgan fingerprint density at radius 3 is 2.49 bits per heavy atom. The Bertz CT molecular complexity index is 1300. The number of rotatable bonds is 7. The molecule has 10 heteroatoms. The van der Waals surface area contributed by atoms with Crippen molar-refractivity contribution in [3.63, 3.8) is 0 Å². The molecule has 0 bridgehead atoms. The third-order valence-corrected chi connectivity index (χ3v) is 7.43. The minimum absolute atomic E-state index is 0.00506. The van der Waals surface area contributed by atoms with Gasteiger partial charge in [-0.2, -0.15) is 0 Å². The van der Waals surface area contributed by atoms with E-state index in [1.807, 2.05) is 24.3 Å². The Morgan fingerprint density at radius 2 is 1.74 bits per heavy atom. The maximum atomic E-state index is 12.6. The lowest BCUT2D eigenvalue weighted by Gasteiger charge is -2.30. The minimum atomic E-state index is -3.99. The summed E-state index contributed by atoms with van der Waals surface area (Å²) in [6, 6.07) is 14.7. The molecule has 3 amide bonds. The van der Waals surface area contributed by atoms with Crippen LogP contribution in [0, 0.1) is 5.92 Å². The summed E-state index contributed by atoms with van der Waals surface area (Å²) in [5, 5.41) is 5.51. The fourth-order valence-electron chi connectivity index (χ4n) is 4.01. The summed E-state index contributed by atoms with van der Waals surface area (Å²) in [7, 11) is -3.99. The molecule has 1 fully saturated rings. The summed E-state index contributed by atoms with van der Waals surface area (Å²) in [6.45, 7) is 3.92. The number of sulfonamides is 1. The first-order chi connectivity index (χ1) is 16.8. The summed E-state index contributed by atoms with van der Waals surface area (Å²) in [5.74, 6) is 0.383. The Morgan fingerprint density at radius 1 is 1.03 bits per heavy atom. The van der Waals surface area contributed by atoms with Crippen LogP contribution in [-0.4, -0.2) is 50.0 Å². The number of piperidine rings is 1. The van der Waals surface area contributed by atoms with Gasteiger partial charge in [0.1, 0.15) is 0 Å². The van der Waals surface area contributed by atoms with E-state index < -0.39 is 16.1 Å². The molecule has 4 rings (SSSR count). The molecule has 0 atom stereocenters. The predicted molar refractivity (Wildman–Crippen MR) is 133 cm³/mol. The first-order valence-electron chi connectivity index (χ1n) is 11.6. The summed E-state index contributed by atoms with van der Waals surface area (Å²) in [5.41, 5.74) is 4.61. The average molecular weight is 496 g/mol. The van der Waals surface area contributed by atoms with E-state index in [0.717, 1.165) is 23.8 Å². The van der Waals surface area contributed by atoms with Gasteiger partial charge in [0.25, 0.3) is 15.9 Å². The van der Waals surface area contributed by atoms with Crippen LogP contribution >= 0.6 is 0 Å². The number of nitrogens with one attached hydrogen (secondary N) is 3. The molecular weight excluding hydrogens is 466 g/mol. The second-order valence-electron chi connectivity index (χ2n) is 8.75. The number of pyridine rings is 1. The number of nitrogens with zero attached hydrogens (tertiary/aromatic N) is 2. The van der Waals surface area contributed by atoms with Gasteiger partial charge < -0.3 is 5.32 Å². The summed E-state index contributed by atoms with van der Waals surface area (Å²) in [6.07, 6.45) is 4.08. The van der Waals surface area contributed by atoms with Crippen molar-refractivity contribution < 1.29 is 18.0 Å². The van der Waals surface area contributed by atoms with Gasteiger partial charge in [-0.3, -0.25) is 15.2 Å². The van der Waals surface area contributed by atoms with Crippen molar-refractivity contribution in [2.75, 3.05) is 19.6 Å². The molecule has 1 aromatic heterocycles. The van der Waals surface area contributed by atoms with Crippen molar-refractivity contribution in [3.8, 4) is 0 Å². The molecule has 0 unspecified atom stereocenters. The number of urea groups is 1. The number of carbonyl (C=O) groups excluding carboxylic acids is 2. The molecule has 184 valence electrons. The summed E-state index contributed by atoms with van der Waals surface area (Å²) < 4.78 is 27.2. The van der Waals surface area contributed by atoms with E-state index >= 15 is 0 Å². The smallest absolute Gasteiger partial charge is 0.343 e. The van der Waals surface area contributed by atoms with Gasteiger partial charge in [-0.25, -0.2) is 22.9 Å². The number of para-hydroxylation sites is 1. The van der Waals surface area contributed by atoms with Crippen LogP contribution in [0.3, 0.4) is 0 Å². The zero-order valence-corrected chi connectivity index (χ0v) is 20.3. The van der Waals surface area contributed by atoms with Crippen LogP contribution in [0.1, 0.15) is 35.7 Å². The van der Waals surface area contributed by atoms with Crippen LogP contribution in [0.4, 0.5) is 4.79 Å². The van der Waals surface area contributed by atoms with E-state index in [2.05, 4.69) is 27.4 Å². The number of aromatic nitrogens is 1. The predicted octanol–water partition coefficient (Wildman–Crippen LogP) is 2.84. The first-order valence-corrected chi connectivity index (χ1v) is 13.1. The maximum Gasteiger partial charge on any atom is 0.343 e. The Balaban J connectivity index is 1.28. The topological polar surface area (TPSA) is 121 Å². The molecule has 35 heavy (non-hydrogen) atoms. The number of hydrazine groups is 1. The molecule has 0 saturated carbocycles. The Hall–Kier alpha value is -3.50. The number of amides is 3. The monoisotopic (exact) mass is 495 g/mol. The van der Waals surface area contributed by atoms with Crippen LogP contribution in [0.2, 0.25) is 0 Å². The second-order valence-corrected chi connectivity index (χ2v) is 10.4. The lowest BCUT2D eigenvalue weighted by molar-refractivity contribution is 0.0955. The average Bonchev–Trinajstić information content (AvgIpc) is 2.85. The summed E-state index contributed by atoms with van der Waals surface area (Å²) in [4.78, 5) is 29.1. The molecule has 2 aromatic carbocycles. The molecule has 1 saturated heterocycles. The largest absolute Gasteiger partial charge is 0.352 e. The highest BCUT2D eigenvalue weighted by Crippen LogP contribution is 2.16. The van der Waals surface area contributed by atoms with Gasteiger partial charge in [-0.15, -0.1) is 0 Å². The number of fused-ring (bicyclic) bond motifs is 1. The number of hydrogen-bond acceptors (Lipinski definition) is 6. The first kappa shape index (κ1) is 24.6. The third kappa shape index (κ3) is 6.34. The van der Waals surface area contributed by atoms with E-state index in [1.54, 1.807) is 29.4 Å².